The number of aromatic nitrogens is 2. The first kappa shape index (κ1) is 18.9. The third-order valence-electron chi connectivity index (χ3n) is 4.84. The summed E-state index contributed by atoms with van der Waals surface area (Å²) in [5, 5.41) is 8.82. The summed E-state index contributed by atoms with van der Waals surface area (Å²) in [6, 6.07) is 15.5. The lowest BCUT2D eigenvalue weighted by Crippen LogP contribution is -1.97. The summed E-state index contributed by atoms with van der Waals surface area (Å²) in [5.74, 6) is 1.36. The Hall–Kier alpha value is -3.41. The topological polar surface area (TPSA) is 89.4 Å². The molecular weight excluding hydrogens is 368 g/mol. The van der Waals surface area contributed by atoms with Gasteiger partial charge in [-0.25, -0.2) is 9.97 Å². The maximum atomic E-state index is 10.7. The molecular formula is C23H22N2O4. The average Bonchev–Trinajstić information content (AvgIpc) is 3.30. The van der Waals surface area contributed by atoms with Crippen molar-refractivity contribution in [2.45, 2.75) is 39.0 Å². The lowest BCUT2D eigenvalue weighted by atomic mass is 10.1. The highest BCUT2D eigenvalue weighted by Gasteiger charge is 2.12. The van der Waals surface area contributed by atoms with E-state index in [2.05, 4.69) is 9.97 Å². The van der Waals surface area contributed by atoms with Gasteiger partial charge in [0.15, 0.2) is 11.5 Å². The Morgan fingerprint density at radius 1 is 1.00 bits per heavy atom. The average molecular weight is 390 g/mol. The van der Waals surface area contributed by atoms with Crippen molar-refractivity contribution in [2.24, 2.45) is 0 Å². The molecule has 4 rings (SSSR count). The van der Waals surface area contributed by atoms with Crippen molar-refractivity contribution in [2.75, 3.05) is 0 Å². The minimum Gasteiger partial charge on any atom is -0.481 e. The van der Waals surface area contributed by atoms with Crippen LogP contribution < -0.4 is 0 Å². The van der Waals surface area contributed by atoms with Crippen LogP contribution in [-0.2, 0) is 24.1 Å². The molecule has 4 aromatic rings. The van der Waals surface area contributed by atoms with E-state index in [0.717, 1.165) is 46.5 Å². The van der Waals surface area contributed by atoms with E-state index < -0.39 is 5.97 Å². The van der Waals surface area contributed by atoms with Gasteiger partial charge in [-0.05, 0) is 56.0 Å². The zero-order valence-corrected chi connectivity index (χ0v) is 16.2. The predicted octanol–water partition coefficient (Wildman–Crippen LogP) is 4.98. The molecule has 6 nitrogen and oxygen atoms in total. The van der Waals surface area contributed by atoms with Crippen LogP contribution >= 0.6 is 0 Å². The Kier molecular flexibility index (Phi) is 5.42. The van der Waals surface area contributed by atoms with Crippen LogP contribution in [0.5, 0.6) is 0 Å². The molecule has 29 heavy (non-hydrogen) atoms. The fraction of sp³-hybridized carbons (Fsp3) is 0.261. The molecule has 148 valence electrons. The lowest BCUT2D eigenvalue weighted by molar-refractivity contribution is -0.136. The smallest absolute Gasteiger partial charge is 0.303 e. The fourth-order valence-electron chi connectivity index (χ4n) is 3.31. The van der Waals surface area contributed by atoms with E-state index in [9.17, 15) is 4.79 Å². The standard InChI is InChI=1S/C23H22N2O4/c1-15-18(25-23(28-15)17-6-3-2-4-7-17)8-5-9-21-24-19-14-16(11-13-22(26)27)10-12-20(19)29-21/h2-4,6-7,10,12,14H,5,8-9,11,13H2,1H3,(H,26,27). The monoisotopic (exact) mass is 390 g/mol. The maximum absolute atomic E-state index is 10.7. The van der Waals surface area contributed by atoms with Crippen LogP contribution in [0.4, 0.5) is 0 Å². The van der Waals surface area contributed by atoms with Crippen LogP contribution in [-0.4, -0.2) is 21.0 Å². The second-order valence-electron chi connectivity index (χ2n) is 7.04. The van der Waals surface area contributed by atoms with E-state index in [0.29, 0.717) is 24.6 Å². The van der Waals surface area contributed by atoms with Crippen molar-refractivity contribution in [3.05, 3.63) is 71.4 Å². The lowest BCUT2D eigenvalue weighted by Gasteiger charge is -1.96. The van der Waals surface area contributed by atoms with Gasteiger partial charge in [0.2, 0.25) is 5.89 Å². The Bertz CT molecular complexity index is 1130. The largest absolute Gasteiger partial charge is 0.481 e. The molecule has 0 bridgehead atoms. The van der Waals surface area contributed by atoms with E-state index in [1.807, 2.05) is 55.5 Å². The number of hydrogen-bond acceptors (Lipinski definition) is 5. The summed E-state index contributed by atoms with van der Waals surface area (Å²) < 4.78 is 11.6. The minimum absolute atomic E-state index is 0.109. The second-order valence-corrected chi connectivity index (χ2v) is 7.04. The fourth-order valence-corrected chi connectivity index (χ4v) is 3.31. The number of aliphatic carboxylic acids is 1. The Morgan fingerprint density at radius 3 is 2.62 bits per heavy atom. The number of carboxylic acids is 1. The van der Waals surface area contributed by atoms with Gasteiger partial charge < -0.3 is 13.9 Å². The van der Waals surface area contributed by atoms with Crippen molar-refractivity contribution in [3.8, 4) is 11.5 Å². The minimum atomic E-state index is -0.801. The number of carbonyl (C=O) groups is 1. The van der Waals surface area contributed by atoms with Crippen LogP contribution in [0.1, 0.15) is 35.7 Å². The first-order valence-corrected chi connectivity index (χ1v) is 9.70. The number of rotatable bonds is 8. The summed E-state index contributed by atoms with van der Waals surface area (Å²) in [6.07, 6.45) is 2.93. The van der Waals surface area contributed by atoms with Gasteiger partial charge in [0.25, 0.3) is 0 Å². The molecule has 1 N–H and O–H groups in total. The molecule has 0 radical (unpaired) electrons. The van der Waals surface area contributed by atoms with Crippen molar-refractivity contribution in [3.63, 3.8) is 0 Å². The normalized spacial score (nSPS) is 11.2. The van der Waals surface area contributed by atoms with Gasteiger partial charge >= 0.3 is 5.97 Å². The first-order chi connectivity index (χ1) is 14.1. The number of carboxylic acid groups (broad SMARTS) is 1. The summed E-state index contributed by atoms with van der Waals surface area (Å²) >= 11 is 0. The van der Waals surface area contributed by atoms with Gasteiger partial charge in [0, 0.05) is 18.4 Å². The Balaban J connectivity index is 1.39. The van der Waals surface area contributed by atoms with E-state index in [1.165, 1.54) is 0 Å². The number of aryl methyl sites for hydroxylation is 4. The van der Waals surface area contributed by atoms with Crippen LogP contribution in [0.3, 0.4) is 0 Å². The van der Waals surface area contributed by atoms with Crippen LogP contribution in [0.2, 0.25) is 0 Å². The van der Waals surface area contributed by atoms with Gasteiger partial charge in [-0.1, -0.05) is 24.3 Å². The van der Waals surface area contributed by atoms with Crippen LogP contribution in [0.25, 0.3) is 22.6 Å². The molecule has 2 aromatic heterocycles. The third-order valence-corrected chi connectivity index (χ3v) is 4.84. The first-order valence-electron chi connectivity index (χ1n) is 9.70. The third kappa shape index (κ3) is 4.54. The van der Waals surface area contributed by atoms with Crippen molar-refractivity contribution >= 4 is 17.1 Å². The van der Waals surface area contributed by atoms with E-state index in [4.69, 9.17) is 13.9 Å². The molecule has 0 spiro atoms. The van der Waals surface area contributed by atoms with Crippen LogP contribution in [0, 0.1) is 6.92 Å². The SMILES string of the molecule is Cc1oc(-c2ccccc2)nc1CCCc1nc2cc(CCC(=O)O)ccc2o1. The molecule has 6 heteroatoms. The van der Waals surface area contributed by atoms with E-state index in [-0.39, 0.29) is 6.42 Å². The zero-order chi connectivity index (χ0) is 20.2. The molecule has 0 saturated heterocycles. The number of fused-ring (bicyclic) bond motifs is 1. The zero-order valence-electron chi connectivity index (χ0n) is 16.2. The molecule has 2 heterocycles. The molecule has 0 amide bonds. The van der Waals surface area contributed by atoms with Crippen LogP contribution in [0.15, 0.2) is 57.4 Å². The number of nitrogens with zero attached hydrogens (tertiary/aromatic N) is 2. The maximum Gasteiger partial charge on any atom is 0.303 e. The molecule has 0 saturated carbocycles. The van der Waals surface area contributed by atoms with E-state index in [1.54, 1.807) is 0 Å². The number of benzene rings is 2. The summed E-state index contributed by atoms with van der Waals surface area (Å²) in [6.45, 7) is 1.94. The molecule has 0 aliphatic rings. The highest BCUT2D eigenvalue weighted by atomic mass is 16.4. The van der Waals surface area contributed by atoms with Crippen molar-refractivity contribution in [1.82, 2.24) is 9.97 Å². The molecule has 0 atom stereocenters. The van der Waals surface area contributed by atoms with Gasteiger partial charge in [-0.15, -0.1) is 0 Å². The number of oxazole rings is 2. The summed E-state index contributed by atoms with van der Waals surface area (Å²) in [4.78, 5) is 19.9. The Morgan fingerprint density at radius 2 is 1.83 bits per heavy atom. The summed E-state index contributed by atoms with van der Waals surface area (Å²) in [5.41, 5.74) is 4.37. The van der Waals surface area contributed by atoms with Crippen molar-refractivity contribution < 1.29 is 18.7 Å². The number of hydrogen-bond donors (Lipinski definition) is 1. The Labute approximate surface area is 168 Å². The molecule has 0 aliphatic heterocycles. The van der Waals surface area contributed by atoms with E-state index >= 15 is 0 Å². The van der Waals surface area contributed by atoms with Gasteiger partial charge in [0.1, 0.15) is 11.3 Å². The molecule has 2 aromatic carbocycles. The molecule has 0 fully saturated rings. The quantitative estimate of drug-likeness (QED) is 0.456. The second kappa shape index (κ2) is 8.31. The van der Waals surface area contributed by atoms with Gasteiger partial charge in [-0.3, -0.25) is 4.79 Å². The van der Waals surface area contributed by atoms with Gasteiger partial charge in [-0.2, -0.15) is 0 Å². The van der Waals surface area contributed by atoms with Crippen molar-refractivity contribution in [1.29, 1.82) is 0 Å². The summed E-state index contributed by atoms with van der Waals surface area (Å²) in [7, 11) is 0. The highest BCUT2D eigenvalue weighted by molar-refractivity contribution is 5.74. The molecule has 0 unspecified atom stereocenters. The molecule has 0 aliphatic carbocycles. The highest BCUT2D eigenvalue weighted by Crippen LogP contribution is 2.23. The van der Waals surface area contributed by atoms with Gasteiger partial charge in [0.05, 0.1) is 5.69 Å². The predicted molar refractivity (Wildman–Crippen MR) is 109 cm³/mol.